The van der Waals surface area contributed by atoms with Crippen molar-refractivity contribution < 1.29 is 48.4 Å². The van der Waals surface area contributed by atoms with E-state index in [-0.39, 0.29) is 13.2 Å². The number of phosphoric acid groups is 1. The summed E-state index contributed by atoms with van der Waals surface area (Å²) in [5.41, 5.74) is 5.13. The molecule has 1 aliphatic rings. The molecule has 22 heavy (non-hydrogen) atoms. The molecule has 132 valence electrons. The summed E-state index contributed by atoms with van der Waals surface area (Å²) in [6.07, 6.45) is -9.15. The maximum atomic E-state index is 11.7. The van der Waals surface area contributed by atoms with E-state index in [9.17, 15) is 29.9 Å². The van der Waals surface area contributed by atoms with Crippen molar-refractivity contribution in [2.45, 2.75) is 36.8 Å². The van der Waals surface area contributed by atoms with Crippen molar-refractivity contribution in [2.75, 3.05) is 26.9 Å². The van der Waals surface area contributed by atoms with E-state index in [4.69, 9.17) is 19.7 Å². The number of ether oxygens (including phenoxy) is 2. The molecule has 0 aromatic rings. The third-order valence-electron chi connectivity index (χ3n) is 3.03. The third-order valence-corrected chi connectivity index (χ3v) is 4.07. The maximum Gasteiger partial charge on any atom is 0.472 e. The first-order chi connectivity index (χ1) is 10.3. The van der Waals surface area contributed by atoms with Crippen LogP contribution in [-0.4, -0.2) is 89.0 Å². The molecule has 0 amide bonds. The quantitative estimate of drug-likeness (QED) is 0.245. The highest BCUT2D eigenvalue weighted by atomic mass is 31.2. The summed E-state index contributed by atoms with van der Waals surface area (Å²) in [5.74, 6) is 0. The second-order valence-electron chi connectivity index (χ2n) is 4.59. The normalized spacial score (nSPS) is 36.8. The van der Waals surface area contributed by atoms with Crippen molar-refractivity contribution in [1.29, 1.82) is 0 Å². The van der Waals surface area contributed by atoms with Gasteiger partial charge in [-0.05, 0) is 0 Å². The first-order valence-electron chi connectivity index (χ1n) is 6.46. The Morgan fingerprint density at radius 3 is 2.41 bits per heavy atom. The average molecular weight is 347 g/mol. The molecule has 1 unspecified atom stereocenters. The molecule has 11 nitrogen and oxygen atoms in total. The molecule has 1 saturated heterocycles. The predicted molar refractivity (Wildman–Crippen MR) is 70.5 cm³/mol. The summed E-state index contributed by atoms with van der Waals surface area (Å²) in [6.45, 7) is -1.11. The van der Waals surface area contributed by atoms with Crippen LogP contribution in [0, 0.1) is 0 Å². The van der Waals surface area contributed by atoms with E-state index in [2.05, 4.69) is 4.52 Å². The van der Waals surface area contributed by atoms with Gasteiger partial charge in [-0.15, -0.1) is 0 Å². The van der Waals surface area contributed by atoms with Gasteiger partial charge in [0.1, 0.15) is 30.5 Å². The van der Waals surface area contributed by atoms with Gasteiger partial charge in [0.2, 0.25) is 0 Å². The fourth-order valence-corrected chi connectivity index (χ4v) is 2.87. The van der Waals surface area contributed by atoms with Crippen LogP contribution < -0.4 is 5.73 Å². The minimum Gasteiger partial charge on any atom is -0.394 e. The van der Waals surface area contributed by atoms with Gasteiger partial charge in [-0.1, -0.05) is 0 Å². The van der Waals surface area contributed by atoms with Gasteiger partial charge in [0, 0.05) is 13.7 Å². The summed E-state index contributed by atoms with van der Waals surface area (Å²) >= 11 is 0. The Hall–Kier alpha value is -0.170. The summed E-state index contributed by atoms with van der Waals surface area (Å²) in [7, 11) is -3.37. The van der Waals surface area contributed by atoms with Crippen LogP contribution in [0.2, 0.25) is 0 Å². The van der Waals surface area contributed by atoms with Gasteiger partial charge in [0.05, 0.1) is 13.2 Å². The summed E-state index contributed by atoms with van der Waals surface area (Å²) in [5, 5.41) is 38.5. The van der Waals surface area contributed by atoms with E-state index in [0.717, 1.165) is 0 Å². The predicted octanol–water partition coefficient (Wildman–Crippen LogP) is -3.11. The third kappa shape index (κ3) is 4.91. The zero-order chi connectivity index (χ0) is 16.9. The van der Waals surface area contributed by atoms with Crippen molar-refractivity contribution in [3.05, 3.63) is 0 Å². The minimum absolute atomic E-state index is 0.0308. The largest absolute Gasteiger partial charge is 0.472 e. The fourth-order valence-electron chi connectivity index (χ4n) is 1.94. The van der Waals surface area contributed by atoms with E-state index in [1.165, 1.54) is 7.11 Å². The van der Waals surface area contributed by atoms with Crippen molar-refractivity contribution in [3.63, 3.8) is 0 Å². The molecule has 0 bridgehead atoms. The lowest BCUT2D eigenvalue weighted by molar-refractivity contribution is -0.304. The smallest absolute Gasteiger partial charge is 0.394 e. The first kappa shape index (κ1) is 19.9. The summed E-state index contributed by atoms with van der Waals surface area (Å²) in [6, 6.07) is 0. The highest BCUT2D eigenvalue weighted by molar-refractivity contribution is 7.47. The standard InChI is InChI=1S/C10H22NO10P/c1-18-10-8(15)6(13)7(14)9(20-10)5(4-12)21-22(16,17)19-3-2-11/h5-10,12-15H,2-4,11H2,1H3,(H,16,17)/t5-,6-,7-,8-,9+,10+/m0/s1. The van der Waals surface area contributed by atoms with Crippen LogP contribution in [0.25, 0.3) is 0 Å². The number of methoxy groups -OCH3 is 1. The zero-order valence-electron chi connectivity index (χ0n) is 11.9. The number of hydrogen-bond acceptors (Lipinski definition) is 10. The molecule has 7 atom stereocenters. The maximum absolute atomic E-state index is 11.7. The van der Waals surface area contributed by atoms with Gasteiger partial charge in [-0.3, -0.25) is 9.05 Å². The molecule has 0 radical (unpaired) electrons. The number of phosphoric ester groups is 1. The fraction of sp³-hybridized carbons (Fsp3) is 1.00. The summed E-state index contributed by atoms with van der Waals surface area (Å²) in [4.78, 5) is 9.47. The van der Waals surface area contributed by atoms with Crippen LogP contribution in [0.15, 0.2) is 0 Å². The van der Waals surface area contributed by atoms with Gasteiger partial charge < -0.3 is 40.5 Å². The molecule has 12 heteroatoms. The lowest BCUT2D eigenvalue weighted by Crippen LogP contribution is -2.61. The summed E-state index contributed by atoms with van der Waals surface area (Å²) < 4.78 is 30.8. The molecule has 0 aliphatic carbocycles. The SMILES string of the molecule is CO[C@@H]1O[C@H]([C@H](CO)OP(=O)(O)OCCN)[C@@H](O)[C@H](O)[C@@H]1O. The number of aliphatic hydroxyl groups is 4. The molecule has 1 rings (SSSR count). The molecular weight excluding hydrogens is 325 g/mol. The molecule has 0 aromatic carbocycles. The van der Waals surface area contributed by atoms with Crippen molar-refractivity contribution in [3.8, 4) is 0 Å². The number of nitrogens with two attached hydrogens (primary N) is 1. The first-order valence-corrected chi connectivity index (χ1v) is 7.96. The Labute approximate surface area is 126 Å². The van der Waals surface area contributed by atoms with Gasteiger partial charge in [-0.25, -0.2) is 4.57 Å². The van der Waals surface area contributed by atoms with Crippen LogP contribution in [-0.2, 0) is 23.1 Å². The highest BCUT2D eigenvalue weighted by Crippen LogP contribution is 2.45. The molecule has 0 spiro atoms. The lowest BCUT2D eigenvalue weighted by Gasteiger charge is -2.42. The number of aliphatic hydroxyl groups excluding tert-OH is 4. The highest BCUT2D eigenvalue weighted by Gasteiger charge is 2.48. The van der Waals surface area contributed by atoms with Crippen LogP contribution in [0.3, 0.4) is 0 Å². The van der Waals surface area contributed by atoms with Crippen molar-refractivity contribution >= 4 is 7.82 Å². The Morgan fingerprint density at radius 1 is 1.27 bits per heavy atom. The van der Waals surface area contributed by atoms with Gasteiger partial charge in [0.25, 0.3) is 0 Å². The van der Waals surface area contributed by atoms with Gasteiger partial charge in [0.15, 0.2) is 6.29 Å². The minimum atomic E-state index is -4.55. The van der Waals surface area contributed by atoms with Crippen LogP contribution in [0.4, 0.5) is 0 Å². The van der Waals surface area contributed by atoms with Crippen molar-refractivity contribution in [2.24, 2.45) is 5.73 Å². The molecule has 1 fully saturated rings. The van der Waals surface area contributed by atoms with Gasteiger partial charge in [-0.2, -0.15) is 0 Å². The second kappa shape index (κ2) is 8.62. The molecule has 1 heterocycles. The Kier molecular flexibility index (Phi) is 7.79. The van der Waals surface area contributed by atoms with Gasteiger partial charge >= 0.3 is 7.82 Å². The monoisotopic (exact) mass is 347 g/mol. The number of rotatable bonds is 8. The van der Waals surface area contributed by atoms with E-state index in [1.807, 2.05) is 0 Å². The second-order valence-corrected chi connectivity index (χ2v) is 6.00. The molecule has 0 aromatic heterocycles. The number of hydrogen-bond donors (Lipinski definition) is 6. The molecule has 0 saturated carbocycles. The van der Waals surface area contributed by atoms with E-state index in [0.29, 0.717) is 0 Å². The molecule has 1 aliphatic heterocycles. The van der Waals surface area contributed by atoms with E-state index in [1.54, 1.807) is 0 Å². The Morgan fingerprint density at radius 2 is 1.91 bits per heavy atom. The van der Waals surface area contributed by atoms with Crippen molar-refractivity contribution in [1.82, 2.24) is 0 Å². The molecule has 7 N–H and O–H groups in total. The Bertz CT molecular complexity index is 383. The Balaban J connectivity index is 2.82. The van der Waals surface area contributed by atoms with Crippen LogP contribution in [0.1, 0.15) is 0 Å². The van der Waals surface area contributed by atoms with Crippen LogP contribution >= 0.6 is 7.82 Å². The lowest BCUT2D eigenvalue weighted by atomic mass is 9.95. The average Bonchev–Trinajstić information content (AvgIpc) is 2.49. The van der Waals surface area contributed by atoms with Crippen LogP contribution in [0.5, 0.6) is 0 Å². The molecular formula is C10H22NO10P. The van der Waals surface area contributed by atoms with E-state index >= 15 is 0 Å². The zero-order valence-corrected chi connectivity index (χ0v) is 12.8. The van der Waals surface area contributed by atoms with E-state index < -0.39 is 51.2 Å². The topological polar surface area (TPSA) is 181 Å².